The van der Waals surface area contributed by atoms with E-state index in [0.717, 1.165) is 23.9 Å². The van der Waals surface area contributed by atoms with Gasteiger partial charge in [-0.3, -0.25) is 0 Å². The lowest BCUT2D eigenvalue weighted by molar-refractivity contribution is 0.360. The molecule has 1 aliphatic carbocycles. The largest absolute Gasteiger partial charge is 0.481 e. The Labute approximate surface area is 110 Å². The molecule has 0 bridgehead atoms. The standard InChI is InChI=1S/C15H24N2O/c1-11-8-15(2,3)9-13(11)17-10-12-6-5-7-16-14(12)18-4/h5-7,11,13,17H,8-10H2,1-4H3. The number of pyridine rings is 1. The summed E-state index contributed by atoms with van der Waals surface area (Å²) in [7, 11) is 1.67. The van der Waals surface area contributed by atoms with E-state index in [-0.39, 0.29) is 0 Å². The van der Waals surface area contributed by atoms with E-state index in [1.165, 1.54) is 12.8 Å². The maximum absolute atomic E-state index is 5.28. The number of ether oxygens (including phenoxy) is 1. The molecule has 3 heteroatoms. The Kier molecular flexibility index (Phi) is 3.91. The second-order valence-corrected chi connectivity index (χ2v) is 6.21. The maximum atomic E-state index is 5.28. The molecule has 1 fully saturated rings. The number of nitrogens with zero attached hydrogens (tertiary/aromatic N) is 1. The molecule has 2 atom stereocenters. The summed E-state index contributed by atoms with van der Waals surface area (Å²) in [4.78, 5) is 4.23. The Morgan fingerprint density at radius 2 is 2.22 bits per heavy atom. The van der Waals surface area contributed by atoms with Gasteiger partial charge < -0.3 is 10.1 Å². The van der Waals surface area contributed by atoms with Crippen LogP contribution in [0, 0.1) is 11.3 Å². The van der Waals surface area contributed by atoms with Gasteiger partial charge in [-0.15, -0.1) is 0 Å². The zero-order valence-electron chi connectivity index (χ0n) is 11.9. The van der Waals surface area contributed by atoms with Gasteiger partial charge in [0.2, 0.25) is 5.88 Å². The third-order valence-electron chi connectivity index (χ3n) is 3.93. The molecule has 1 aliphatic rings. The molecule has 1 N–H and O–H groups in total. The van der Waals surface area contributed by atoms with Crippen LogP contribution in [0.1, 0.15) is 39.2 Å². The highest BCUT2D eigenvalue weighted by molar-refractivity contribution is 5.25. The fourth-order valence-corrected chi connectivity index (χ4v) is 3.15. The topological polar surface area (TPSA) is 34.1 Å². The van der Waals surface area contributed by atoms with Crippen molar-refractivity contribution in [2.45, 2.75) is 46.2 Å². The van der Waals surface area contributed by atoms with Crippen LogP contribution < -0.4 is 10.1 Å². The van der Waals surface area contributed by atoms with Crippen LogP contribution in [0.15, 0.2) is 18.3 Å². The zero-order valence-corrected chi connectivity index (χ0v) is 11.9. The van der Waals surface area contributed by atoms with Crippen LogP contribution in [0.3, 0.4) is 0 Å². The fraction of sp³-hybridized carbons (Fsp3) is 0.667. The molecular weight excluding hydrogens is 224 g/mol. The van der Waals surface area contributed by atoms with E-state index in [1.54, 1.807) is 13.3 Å². The van der Waals surface area contributed by atoms with Crippen molar-refractivity contribution in [1.82, 2.24) is 10.3 Å². The van der Waals surface area contributed by atoms with Crippen molar-refractivity contribution in [3.8, 4) is 5.88 Å². The van der Waals surface area contributed by atoms with Crippen LogP contribution in [0.25, 0.3) is 0 Å². The second-order valence-electron chi connectivity index (χ2n) is 6.21. The summed E-state index contributed by atoms with van der Waals surface area (Å²) < 4.78 is 5.28. The number of hydrogen-bond acceptors (Lipinski definition) is 3. The normalized spacial score (nSPS) is 26.2. The lowest BCUT2D eigenvalue weighted by Gasteiger charge is -2.19. The van der Waals surface area contributed by atoms with Gasteiger partial charge >= 0.3 is 0 Å². The third kappa shape index (κ3) is 3.02. The van der Waals surface area contributed by atoms with Crippen LogP contribution in [-0.2, 0) is 6.54 Å². The smallest absolute Gasteiger partial charge is 0.217 e. The zero-order chi connectivity index (χ0) is 13.2. The van der Waals surface area contributed by atoms with Gasteiger partial charge in [0.05, 0.1) is 7.11 Å². The van der Waals surface area contributed by atoms with Gasteiger partial charge in [0.1, 0.15) is 0 Å². The summed E-state index contributed by atoms with van der Waals surface area (Å²) in [5.74, 6) is 1.47. The van der Waals surface area contributed by atoms with Gasteiger partial charge in [0.25, 0.3) is 0 Å². The Morgan fingerprint density at radius 3 is 2.83 bits per heavy atom. The maximum Gasteiger partial charge on any atom is 0.217 e. The number of rotatable bonds is 4. The summed E-state index contributed by atoms with van der Waals surface area (Å²) in [6.07, 6.45) is 4.31. The number of aromatic nitrogens is 1. The molecule has 3 nitrogen and oxygen atoms in total. The van der Waals surface area contributed by atoms with Crippen LogP contribution >= 0.6 is 0 Å². The monoisotopic (exact) mass is 248 g/mol. The molecule has 0 spiro atoms. The molecule has 1 heterocycles. The highest BCUT2D eigenvalue weighted by Crippen LogP contribution is 2.40. The van der Waals surface area contributed by atoms with Crippen molar-refractivity contribution >= 4 is 0 Å². The molecule has 18 heavy (non-hydrogen) atoms. The molecule has 1 aromatic heterocycles. The first kappa shape index (κ1) is 13.3. The minimum atomic E-state index is 0.468. The van der Waals surface area contributed by atoms with Crippen molar-refractivity contribution in [1.29, 1.82) is 0 Å². The summed E-state index contributed by atoms with van der Waals surface area (Å²) >= 11 is 0. The lowest BCUT2D eigenvalue weighted by Crippen LogP contribution is -2.31. The van der Waals surface area contributed by atoms with Crippen LogP contribution in [0.4, 0.5) is 0 Å². The van der Waals surface area contributed by atoms with E-state index in [0.29, 0.717) is 11.5 Å². The van der Waals surface area contributed by atoms with Gasteiger partial charge in [-0.1, -0.05) is 26.8 Å². The molecule has 2 unspecified atom stereocenters. The Balaban J connectivity index is 1.96. The van der Waals surface area contributed by atoms with Gasteiger partial charge in [-0.2, -0.15) is 0 Å². The van der Waals surface area contributed by atoms with Crippen molar-refractivity contribution in [3.05, 3.63) is 23.9 Å². The van der Waals surface area contributed by atoms with Gasteiger partial charge in [-0.05, 0) is 30.2 Å². The van der Waals surface area contributed by atoms with Crippen LogP contribution in [-0.4, -0.2) is 18.1 Å². The quantitative estimate of drug-likeness (QED) is 0.889. The third-order valence-corrected chi connectivity index (χ3v) is 3.93. The van der Waals surface area contributed by atoms with Gasteiger partial charge in [0.15, 0.2) is 0 Å². The molecule has 0 aliphatic heterocycles. The van der Waals surface area contributed by atoms with E-state index in [2.05, 4.69) is 37.1 Å². The van der Waals surface area contributed by atoms with Crippen molar-refractivity contribution in [3.63, 3.8) is 0 Å². The molecule has 100 valence electrons. The average molecular weight is 248 g/mol. The highest BCUT2D eigenvalue weighted by Gasteiger charge is 2.36. The predicted molar refractivity (Wildman–Crippen MR) is 73.6 cm³/mol. The minimum Gasteiger partial charge on any atom is -0.481 e. The predicted octanol–water partition coefficient (Wildman–Crippen LogP) is 3.00. The molecule has 0 saturated heterocycles. The van der Waals surface area contributed by atoms with Crippen molar-refractivity contribution in [2.75, 3.05) is 7.11 Å². The first-order valence-electron chi connectivity index (χ1n) is 6.73. The molecule has 0 aromatic carbocycles. The van der Waals surface area contributed by atoms with Gasteiger partial charge in [-0.25, -0.2) is 4.98 Å². The van der Waals surface area contributed by atoms with Crippen LogP contribution in [0.2, 0.25) is 0 Å². The van der Waals surface area contributed by atoms with E-state index in [9.17, 15) is 0 Å². The molecular formula is C15H24N2O. The summed E-state index contributed by atoms with van der Waals surface area (Å²) in [6, 6.07) is 4.63. The summed E-state index contributed by atoms with van der Waals surface area (Å²) in [5, 5.41) is 3.66. The SMILES string of the molecule is COc1ncccc1CNC1CC(C)(C)CC1C. The van der Waals surface area contributed by atoms with Crippen LogP contribution in [0.5, 0.6) is 5.88 Å². The van der Waals surface area contributed by atoms with E-state index in [4.69, 9.17) is 4.74 Å². The Hall–Kier alpha value is -1.09. The highest BCUT2D eigenvalue weighted by atomic mass is 16.5. The average Bonchev–Trinajstić information content (AvgIpc) is 2.60. The molecule has 0 amide bonds. The van der Waals surface area contributed by atoms with Crippen molar-refractivity contribution in [2.24, 2.45) is 11.3 Å². The first-order chi connectivity index (χ1) is 8.52. The van der Waals surface area contributed by atoms with Gasteiger partial charge in [0, 0.05) is 24.3 Å². The van der Waals surface area contributed by atoms with E-state index < -0.39 is 0 Å². The summed E-state index contributed by atoms with van der Waals surface area (Å²) in [6.45, 7) is 7.89. The Morgan fingerprint density at radius 1 is 1.44 bits per heavy atom. The molecule has 0 radical (unpaired) electrons. The van der Waals surface area contributed by atoms with E-state index in [1.807, 2.05) is 6.07 Å². The Bertz CT molecular complexity index is 403. The number of nitrogens with one attached hydrogen (secondary N) is 1. The summed E-state index contributed by atoms with van der Waals surface area (Å²) in [5.41, 5.74) is 1.60. The second kappa shape index (κ2) is 5.27. The fourth-order valence-electron chi connectivity index (χ4n) is 3.15. The van der Waals surface area contributed by atoms with E-state index >= 15 is 0 Å². The number of hydrogen-bond donors (Lipinski definition) is 1. The first-order valence-corrected chi connectivity index (χ1v) is 6.73. The molecule has 1 aromatic rings. The van der Waals surface area contributed by atoms with Crippen molar-refractivity contribution < 1.29 is 4.74 Å². The lowest BCUT2D eigenvalue weighted by atomic mass is 9.91. The minimum absolute atomic E-state index is 0.468. The molecule has 2 rings (SSSR count). The molecule has 1 saturated carbocycles. The number of methoxy groups -OCH3 is 1.